The number of nitrogens with one attached hydrogen (secondary N) is 1. The second-order valence-corrected chi connectivity index (χ2v) is 5.58. The van der Waals surface area contributed by atoms with Gasteiger partial charge in [0.25, 0.3) is 5.69 Å². The van der Waals surface area contributed by atoms with E-state index < -0.39 is 10.8 Å². The Morgan fingerprint density at radius 1 is 1.32 bits per heavy atom. The summed E-state index contributed by atoms with van der Waals surface area (Å²) in [5, 5.41) is 14.3. The maximum atomic E-state index is 11.2. The number of benzene rings is 2. The highest BCUT2D eigenvalue weighted by Gasteiger charge is 2.16. The van der Waals surface area contributed by atoms with Crippen molar-refractivity contribution in [2.75, 3.05) is 11.9 Å². The third kappa shape index (κ3) is 3.27. The van der Waals surface area contributed by atoms with Crippen LogP contribution in [0.15, 0.2) is 42.5 Å². The Morgan fingerprint density at radius 3 is 2.80 bits per heavy atom. The first-order valence-electron chi connectivity index (χ1n) is 7.71. The van der Waals surface area contributed by atoms with Crippen molar-refractivity contribution in [3.63, 3.8) is 0 Å². The van der Waals surface area contributed by atoms with Crippen molar-refractivity contribution in [2.24, 2.45) is 5.73 Å². The van der Waals surface area contributed by atoms with Gasteiger partial charge in [-0.25, -0.2) is 4.98 Å². The number of aryl methyl sites for hydroxylation is 1. The molecule has 0 saturated heterocycles. The summed E-state index contributed by atoms with van der Waals surface area (Å²) in [4.78, 5) is 26.4. The van der Waals surface area contributed by atoms with E-state index in [1.807, 2.05) is 35.8 Å². The number of carbonyl (C=O) groups is 1. The third-order valence-electron chi connectivity index (χ3n) is 3.98. The molecular weight excluding hydrogens is 322 g/mol. The quantitative estimate of drug-likeness (QED) is 0.528. The van der Waals surface area contributed by atoms with E-state index in [9.17, 15) is 14.9 Å². The standard InChI is InChI=1S/C17H17N5O3/c1-11-20-14-4-2-3-5-15(14)21(11)9-8-19-13-7-6-12(17(18)23)10-16(13)22(24)25/h2-7,10,19H,8-9H2,1H3,(H2,18,23). The van der Waals surface area contributed by atoms with Gasteiger partial charge in [-0.2, -0.15) is 0 Å². The molecule has 128 valence electrons. The molecule has 0 spiro atoms. The van der Waals surface area contributed by atoms with E-state index in [4.69, 9.17) is 5.73 Å². The molecular formula is C17H17N5O3. The molecule has 1 aromatic heterocycles. The first kappa shape index (κ1) is 16.4. The van der Waals surface area contributed by atoms with Gasteiger partial charge < -0.3 is 15.6 Å². The van der Waals surface area contributed by atoms with Gasteiger partial charge >= 0.3 is 0 Å². The molecule has 0 aliphatic carbocycles. The lowest BCUT2D eigenvalue weighted by Crippen LogP contribution is -2.14. The average molecular weight is 339 g/mol. The summed E-state index contributed by atoms with van der Waals surface area (Å²) < 4.78 is 2.05. The zero-order valence-corrected chi connectivity index (χ0v) is 13.6. The molecule has 8 heteroatoms. The van der Waals surface area contributed by atoms with E-state index in [0.29, 0.717) is 18.8 Å². The summed E-state index contributed by atoms with van der Waals surface area (Å²) in [5.74, 6) is 0.178. The van der Waals surface area contributed by atoms with Crippen molar-refractivity contribution in [3.8, 4) is 0 Å². The van der Waals surface area contributed by atoms with Gasteiger partial charge in [-0.05, 0) is 31.2 Å². The van der Waals surface area contributed by atoms with E-state index in [0.717, 1.165) is 16.9 Å². The summed E-state index contributed by atoms with van der Waals surface area (Å²) >= 11 is 0. The number of anilines is 1. The van der Waals surface area contributed by atoms with Crippen molar-refractivity contribution in [3.05, 3.63) is 64.0 Å². The molecule has 0 unspecified atom stereocenters. The molecule has 3 rings (SSSR count). The summed E-state index contributed by atoms with van der Waals surface area (Å²) in [6.07, 6.45) is 0. The molecule has 0 atom stereocenters. The molecule has 1 heterocycles. The number of hydrogen-bond acceptors (Lipinski definition) is 5. The van der Waals surface area contributed by atoms with E-state index in [1.165, 1.54) is 18.2 Å². The summed E-state index contributed by atoms with van der Waals surface area (Å²) in [5.41, 5.74) is 7.37. The highest BCUT2D eigenvalue weighted by molar-refractivity contribution is 5.94. The fraction of sp³-hybridized carbons (Fsp3) is 0.176. The number of para-hydroxylation sites is 2. The van der Waals surface area contributed by atoms with E-state index >= 15 is 0 Å². The van der Waals surface area contributed by atoms with Crippen LogP contribution in [0.5, 0.6) is 0 Å². The number of aromatic nitrogens is 2. The minimum Gasteiger partial charge on any atom is -0.378 e. The predicted octanol–water partition coefficient (Wildman–Crippen LogP) is 2.46. The van der Waals surface area contributed by atoms with Gasteiger partial charge in [0.15, 0.2) is 0 Å². The Hall–Kier alpha value is -3.42. The average Bonchev–Trinajstić information content (AvgIpc) is 2.90. The van der Waals surface area contributed by atoms with Crippen LogP contribution in [0.1, 0.15) is 16.2 Å². The van der Waals surface area contributed by atoms with Gasteiger partial charge in [0.2, 0.25) is 5.91 Å². The van der Waals surface area contributed by atoms with Gasteiger partial charge in [0.1, 0.15) is 11.5 Å². The Labute approximate surface area is 143 Å². The number of nitro benzene ring substituents is 1. The topological polar surface area (TPSA) is 116 Å². The van der Waals surface area contributed by atoms with Crippen LogP contribution in [0.4, 0.5) is 11.4 Å². The van der Waals surface area contributed by atoms with E-state index in [1.54, 1.807) is 0 Å². The molecule has 1 amide bonds. The van der Waals surface area contributed by atoms with Crippen LogP contribution in [0.2, 0.25) is 0 Å². The summed E-state index contributed by atoms with van der Waals surface area (Å²) in [6.45, 7) is 2.99. The van der Waals surface area contributed by atoms with Crippen molar-refractivity contribution in [1.82, 2.24) is 9.55 Å². The molecule has 0 radical (unpaired) electrons. The Bertz CT molecular complexity index is 964. The normalized spacial score (nSPS) is 10.8. The zero-order valence-electron chi connectivity index (χ0n) is 13.6. The number of carbonyl (C=O) groups excluding carboxylic acids is 1. The lowest BCUT2D eigenvalue weighted by Gasteiger charge is -2.10. The SMILES string of the molecule is Cc1nc2ccccc2n1CCNc1ccc(C(N)=O)cc1[N+](=O)[O-]. The highest BCUT2D eigenvalue weighted by Crippen LogP contribution is 2.25. The van der Waals surface area contributed by atoms with Crippen LogP contribution in [0.25, 0.3) is 11.0 Å². The van der Waals surface area contributed by atoms with Crippen LogP contribution in [-0.4, -0.2) is 26.9 Å². The number of nitrogens with zero attached hydrogens (tertiary/aromatic N) is 3. The van der Waals surface area contributed by atoms with Crippen molar-refractivity contribution < 1.29 is 9.72 Å². The van der Waals surface area contributed by atoms with Crippen LogP contribution < -0.4 is 11.1 Å². The number of primary amides is 1. The maximum absolute atomic E-state index is 11.2. The Morgan fingerprint density at radius 2 is 2.08 bits per heavy atom. The van der Waals surface area contributed by atoms with E-state index in [2.05, 4.69) is 10.3 Å². The maximum Gasteiger partial charge on any atom is 0.293 e. The number of amides is 1. The summed E-state index contributed by atoms with van der Waals surface area (Å²) in [7, 11) is 0. The fourth-order valence-electron chi connectivity index (χ4n) is 2.77. The lowest BCUT2D eigenvalue weighted by atomic mass is 10.1. The van der Waals surface area contributed by atoms with Crippen LogP contribution in [-0.2, 0) is 6.54 Å². The first-order chi connectivity index (χ1) is 12.0. The number of hydrogen-bond donors (Lipinski definition) is 2. The molecule has 0 bridgehead atoms. The molecule has 0 saturated carbocycles. The molecule has 0 aliphatic heterocycles. The van der Waals surface area contributed by atoms with Crippen molar-refractivity contribution in [2.45, 2.75) is 13.5 Å². The number of fused-ring (bicyclic) bond motifs is 1. The molecule has 0 aliphatic rings. The van der Waals surface area contributed by atoms with E-state index in [-0.39, 0.29) is 11.3 Å². The highest BCUT2D eigenvalue weighted by atomic mass is 16.6. The second-order valence-electron chi connectivity index (χ2n) is 5.58. The van der Waals surface area contributed by atoms with Gasteiger partial charge in [-0.1, -0.05) is 12.1 Å². The second kappa shape index (κ2) is 6.60. The Kier molecular flexibility index (Phi) is 4.34. The number of nitro groups is 1. The van der Waals surface area contributed by atoms with Gasteiger partial charge in [-0.15, -0.1) is 0 Å². The van der Waals surface area contributed by atoms with Crippen molar-refractivity contribution >= 4 is 28.3 Å². The molecule has 3 aromatic rings. The minimum atomic E-state index is -0.699. The van der Waals surface area contributed by atoms with Gasteiger partial charge in [0, 0.05) is 24.7 Å². The van der Waals surface area contributed by atoms with Crippen molar-refractivity contribution in [1.29, 1.82) is 0 Å². The third-order valence-corrected chi connectivity index (χ3v) is 3.98. The molecule has 3 N–H and O–H groups in total. The van der Waals surface area contributed by atoms with Crippen LogP contribution in [0.3, 0.4) is 0 Å². The zero-order chi connectivity index (χ0) is 18.0. The summed E-state index contributed by atoms with van der Waals surface area (Å²) in [6, 6.07) is 12.0. The van der Waals surface area contributed by atoms with Crippen LogP contribution >= 0.6 is 0 Å². The molecule has 0 fully saturated rings. The fourth-order valence-corrected chi connectivity index (χ4v) is 2.77. The smallest absolute Gasteiger partial charge is 0.293 e. The number of nitrogens with two attached hydrogens (primary N) is 1. The van der Waals surface area contributed by atoms with Crippen LogP contribution in [0, 0.1) is 17.0 Å². The molecule has 2 aromatic carbocycles. The lowest BCUT2D eigenvalue weighted by molar-refractivity contribution is -0.384. The molecule has 25 heavy (non-hydrogen) atoms. The monoisotopic (exact) mass is 339 g/mol. The minimum absolute atomic E-state index is 0.105. The van der Waals surface area contributed by atoms with Gasteiger partial charge in [-0.3, -0.25) is 14.9 Å². The largest absolute Gasteiger partial charge is 0.378 e. The van der Waals surface area contributed by atoms with Gasteiger partial charge in [0.05, 0.1) is 16.0 Å². The Balaban J connectivity index is 1.78. The number of rotatable bonds is 6. The molecule has 8 nitrogen and oxygen atoms in total. The first-order valence-corrected chi connectivity index (χ1v) is 7.71. The predicted molar refractivity (Wildman–Crippen MR) is 94.6 cm³/mol. The number of imidazole rings is 1.